The number of hydrogen-bond donors (Lipinski definition) is 0. The van der Waals surface area contributed by atoms with Crippen LogP contribution in [0.5, 0.6) is 0 Å². The number of unbranched alkanes of at least 4 members (excludes halogenated alkanes) is 24. The highest BCUT2D eigenvalue weighted by atomic mass is 14.2. The Labute approximate surface area is 211 Å². The van der Waals surface area contributed by atoms with Gasteiger partial charge in [-0.15, -0.1) is 0 Å². The Morgan fingerprint density at radius 2 is 0.606 bits per heavy atom. The molecule has 0 bridgehead atoms. The monoisotopic (exact) mass is 463 g/mol. The van der Waals surface area contributed by atoms with Crippen molar-refractivity contribution >= 4 is 0 Å². The molecule has 0 aromatic rings. The van der Waals surface area contributed by atoms with Crippen LogP contribution in [-0.4, -0.2) is 0 Å². The molecule has 0 amide bonds. The summed E-state index contributed by atoms with van der Waals surface area (Å²) < 4.78 is 0. The molecule has 1 rings (SSSR count). The summed E-state index contributed by atoms with van der Waals surface area (Å²) >= 11 is 0. The van der Waals surface area contributed by atoms with E-state index in [2.05, 4.69) is 6.92 Å². The van der Waals surface area contributed by atoms with Gasteiger partial charge in [0.15, 0.2) is 0 Å². The lowest BCUT2D eigenvalue weighted by atomic mass is 9.85. The molecule has 0 atom stereocenters. The first-order chi connectivity index (χ1) is 16.4. The standard InChI is InChI=1S/C33H66/c1-2-3-4-5-6-7-8-9-10-11-12-13-14-15-16-17-18-19-20-21-22-23-24-25-27-30-33-31-28-26-29-32-33/h33H,2-32H2,1H3. The van der Waals surface area contributed by atoms with E-state index in [0.29, 0.717) is 0 Å². The normalized spacial score (nSPS) is 14.8. The van der Waals surface area contributed by atoms with Crippen LogP contribution in [0.4, 0.5) is 0 Å². The van der Waals surface area contributed by atoms with E-state index in [1.54, 1.807) is 19.3 Å². The zero-order valence-corrected chi connectivity index (χ0v) is 23.5. The summed E-state index contributed by atoms with van der Waals surface area (Å²) in [5, 5.41) is 0. The highest BCUT2D eigenvalue weighted by Gasteiger charge is 2.12. The Morgan fingerprint density at radius 1 is 0.333 bits per heavy atom. The average molecular weight is 463 g/mol. The largest absolute Gasteiger partial charge is 0.0654 e. The second-order valence-electron chi connectivity index (χ2n) is 11.8. The van der Waals surface area contributed by atoms with Crippen LogP contribution in [0, 0.1) is 5.92 Å². The SMILES string of the molecule is CCCCCCCCCCCCCCCCCCCCCCCCCCCC1CCCCC1. The maximum absolute atomic E-state index is 2.31. The lowest BCUT2D eigenvalue weighted by molar-refractivity contribution is 0.328. The molecular weight excluding hydrogens is 396 g/mol. The second-order valence-corrected chi connectivity index (χ2v) is 11.8. The maximum atomic E-state index is 2.31. The summed E-state index contributed by atoms with van der Waals surface area (Å²) in [4.78, 5) is 0. The van der Waals surface area contributed by atoms with E-state index in [4.69, 9.17) is 0 Å². The molecule has 0 unspecified atom stereocenters. The van der Waals surface area contributed by atoms with Crippen LogP contribution in [0.2, 0.25) is 0 Å². The first kappa shape index (κ1) is 31.0. The molecular formula is C33H66. The Balaban J connectivity index is 1.62. The average Bonchev–Trinajstić information content (AvgIpc) is 2.84. The van der Waals surface area contributed by atoms with Gasteiger partial charge in [0.25, 0.3) is 0 Å². The zero-order chi connectivity index (χ0) is 23.5. The first-order valence-electron chi connectivity index (χ1n) is 16.4. The van der Waals surface area contributed by atoms with Crippen LogP contribution in [0.3, 0.4) is 0 Å². The summed E-state index contributed by atoms with van der Waals surface area (Å²) in [5.41, 5.74) is 0. The fraction of sp³-hybridized carbons (Fsp3) is 1.00. The van der Waals surface area contributed by atoms with Gasteiger partial charge in [-0.3, -0.25) is 0 Å². The summed E-state index contributed by atoms with van der Waals surface area (Å²) in [6.45, 7) is 2.31. The van der Waals surface area contributed by atoms with E-state index in [0.717, 1.165) is 5.92 Å². The molecule has 198 valence electrons. The van der Waals surface area contributed by atoms with Crippen LogP contribution < -0.4 is 0 Å². The van der Waals surface area contributed by atoms with E-state index < -0.39 is 0 Å². The lowest BCUT2D eigenvalue weighted by Crippen LogP contribution is -2.05. The van der Waals surface area contributed by atoms with Crippen molar-refractivity contribution in [2.24, 2.45) is 5.92 Å². The van der Waals surface area contributed by atoms with Gasteiger partial charge in [-0.25, -0.2) is 0 Å². The van der Waals surface area contributed by atoms with Crippen LogP contribution in [0.25, 0.3) is 0 Å². The highest BCUT2D eigenvalue weighted by Crippen LogP contribution is 2.28. The Morgan fingerprint density at radius 3 is 0.909 bits per heavy atom. The molecule has 0 saturated heterocycles. The predicted molar refractivity (Wildman–Crippen MR) is 152 cm³/mol. The molecule has 0 aliphatic heterocycles. The van der Waals surface area contributed by atoms with Crippen molar-refractivity contribution in [3.05, 3.63) is 0 Å². The fourth-order valence-corrected chi connectivity index (χ4v) is 6.05. The van der Waals surface area contributed by atoms with Crippen LogP contribution >= 0.6 is 0 Å². The van der Waals surface area contributed by atoms with Crippen molar-refractivity contribution in [2.45, 2.75) is 206 Å². The molecule has 0 spiro atoms. The molecule has 0 aromatic carbocycles. The van der Waals surface area contributed by atoms with Gasteiger partial charge >= 0.3 is 0 Å². The minimum absolute atomic E-state index is 1.10. The molecule has 0 radical (unpaired) electrons. The lowest BCUT2D eigenvalue weighted by Gasteiger charge is -2.21. The van der Waals surface area contributed by atoms with Crippen molar-refractivity contribution in [1.29, 1.82) is 0 Å². The molecule has 1 aliphatic rings. The van der Waals surface area contributed by atoms with Gasteiger partial charge in [0.05, 0.1) is 0 Å². The van der Waals surface area contributed by atoms with Gasteiger partial charge in [0, 0.05) is 0 Å². The van der Waals surface area contributed by atoms with E-state index in [1.807, 2.05) is 0 Å². The van der Waals surface area contributed by atoms with E-state index >= 15 is 0 Å². The Bertz CT molecular complexity index is 340. The first-order valence-corrected chi connectivity index (χ1v) is 16.4. The molecule has 33 heavy (non-hydrogen) atoms. The van der Waals surface area contributed by atoms with E-state index in [9.17, 15) is 0 Å². The van der Waals surface area contributed by atoms with Crippen LogP contribution in [0.1, 0.15) is 206 Å². The topological polar surface area (TPSA) is 0 Å². The smallest absolute Gasteiger partial charge is 0.0414 e. The Hall–Kier alpha value is 0. The minimum Gasteiger partial charge on any atom is -0.0654 e. The third kappa shape index (κ3) is 23.5. The molecule has 0 nitrogen and oxygen atoms in total. The van der Waals surface area contributed by atoms with Gasteiger partial charge in [-0.1, -0.05) is 206 Å². The summed E-state index contributed by atoms with van der Waals surface area (Å²) in [6, 6.07) is 0. The molecule has 0 heteroatoms. The van der Waals surface area contributed by atoms with Crippen molar-refractivity contribution in [2.75, 3.05) is 0 Å². The van der Waals surface area contributed by atoms with Crippen LogP contribution in [0.15, 0.2) is 0 Å². The van der Waals surface area contributed by atoms with Crippen LogP contribution in [-0.2, 0) is 0 Å². The van der Waals surface area contributed by atoms with Crippen molar-refractivity contribution in [1.82, 2.24) is 0 Å². The maximum Gasteiger partial charge on any atom is -0.0414 e. The third-order valence-corrected chi connectivity index (χ3v) is 8.44. The summed E-state index contributed by atoms with van der Waals surface area (Å²) in [5.74, 6) is 1.10. The predicted octanol–water partition coefficient (Wildman–Crippen LogP) is 12.7. The van der Waals surface area contributed by atoms with E-state index in [1.165, 1.54) is 180 Å². The number of rotatable bonds is 26. The minimum atomic E-state index is 1.10. The van der Waals surface area contributed by atoms with Gasteiger partial charge < -0.3 is 0 Å². The molecule has 1 aliphatic carbocycles. The quantitative estimate of drug-likeness (QED) is 0.112. The van der Waals surface area contributed by atoms with Crippen molar-refractivity contribution in [3.8, 4) is 0 Å². The fourth-order valence-electron chi connectivity index (χ4n) is 6.05. The molecule has 1 saturated carbocycles. The highest BCUT2D eigenvalue weighted by molar-refractivity contribution is 4.65. The van der Waals surface area contributed by atoms with Gasteiger partial charge in [-0.05, 0) is 5.92 Å². The molecule has 0 N–H and O–H groups in total. The molecule has 0 heterocycles. The van der Waals surface area contributed by atoms with Crippen molar-refractivity contribution < 1.29 is 0 Å². The van der Waals surface area contributed by atoms with Gasteiger partial charge in [-0.2, -0.15) is 0 Å². The Kier molecular flexibility index (Phi) is 25.0. The third-order valence-electron chi connectivity index (χ3n) is 8.44. The molecule has 1 fully saturated rings. The van der Waals surface area contributed by atoms with Crippen molar-refractivity contribution in [3.63, 3.8) is 0 Å². The summed E-state index contributed by atoms with van der Waals surface area (Å²) in [6.07, 6.45) is 46.4. The van der Waals surface area contributed by atoms with Gasteiger partial charge in [0.1, 0.15) is 0 Å². The van der Waals surface area contributed by atoms with E-state index in [-0.39, 0.29) is 0 Å². The zero-order valence-electron chi connectivity index (χ0n) is 23.5. The second kappa shape index (κ2) is 26.6. The van der Waals surface area contributed by atoms with Gasteiger partial charge in [0.2, 0.25) is 0 Å². The summed E-state index contributed by atoms with van der Waals surface area (Å²) in [7, 11) is 0. The molecule has 0 aromatic heterocycles. The number of hydrogen-bond acceptors (Lipinski definition) is 0.